The molecule has 1 rings (SSSR count). The van der Waals surface area contributed by atoms with E-state index in [0.29, 0.717) is 15.8 Å². The Bertz CT molecular complexity index is 490. The van der Waals surface area contributed by atoms with Crippen LogP contribution in [0.25, 0.3) is 0 Å². The summed E-state index contributed by atoms with van der Waals surface area (Å²) in [5, 5.41) is 0. The lowest BCUT2D eigenvalue weighted by Gasteiger charge is -2.19. The van der Waals surface area contributed by atoms with Gasteiger partial charge in [0.1, 0.15) is 0 Å². The molecule has 0 radical (unpaired) electrons. The Morgan fingerprint density at radius 1 is 1.47 bits per heavy atom. The molecule has 1 aromatic rings. The number of rotatable bonds is 2. The van der Waals surface area contributed by atoms with Crippen LogP contribution in [-0.2, 0) is 10.0 Å². The first-order valence-corrected chi connectivity index (χ1v) is 7.64. The Kier molecular flexibility index (Phi) is 3.88. The predicted molar refractivity (Wildman–Crippen MR) is 74.5 cm³/mol. The van der Waals surface area contributed by atoms with Crippen LogP contribution >= 0.6 is 38.5 Å². The summed E-state index contributed by atoms with van der Waals surface area (Å²) in [7, 11) is -1.77. The summed E-state index contributed by atoms with van der Waals surface area (Å²) >= 11 is 5.40. The highest BCUT2D eigenvalue weighted by Gasteiger charge is 2.16. The molecule has 0 aromatic heterocycles. The second-order valence-electron chi connectivity index (χ2n) is 3.06. The van der Waals surface area contributed by atoms with E-state index < -0.39 is 10.0 Å². The van der Waals surface area contributed by atoms with Gasteiger partial charge in [-0.25, -0.2) is 8.42 Å². The van der Waals surface area contributed by atoms with E-state index >= 15 is 0 Å². The van der Waals surface area contributed by atoms with Crippen LogP contribution in [0.1, 0.15) is 0 Å². The number of benzene rings is 1. The van der Waals surface area contributed by atoms with E-state index in [9.17, 15) is 8.42 Å². The maximum atomic E-state index is 11.3. The number of anilines is 2. The van der Waals surface area contributed by atoms with Crippen LogP contribution in [0.3, 0.4) is 0 Å². The largest absolute Gasteiger partial charge is 0.398 e. The fourth-order valence-corrected chi connectivity index (χ4v) is 3.10. The molecule has 2 N–H and O–H groups in total. The van der Waals surface area contributed by atoms with Crippen molar-refractivity contribution in [3.05, 3.63) is 20.2 Å². The van der Waals surface area contributed by atoms with Crippen molar-refractivity contribution in [2.45, 2.75) is 0 Å². The highest BCUT2D eigenvalue weighted by molar-refractivity contribution is 14.1. The first-order chi connectivity index (χ1) is 6.73. The van der Waals surface area contributed by atoms with Crippen LogP contribution in [-0.4, -0.2) is 21.7 Å². The number of nitrogens with two attached hydrogens (primary N) is 1. The second kappa shape index (κ2) is 4.46. The number of hydrogen-bond donors (Lipinski definition) is 1. The molecule has 15 heavy (non-hydrogen) atoms. The number of nitrogen functional groups attached to an aromatic ring is 1. The van der Waals surface area contributed by atoms with Crippen molar-refractivity contribution in [3.8, 4) is 0 Å². The van der Waals surface area contributed by atoms with Crippen molar-refractivity contribution in [2.75, 3.05) is 23.3 Å². The van der Waals surface area contributed by atoms with Crippen LogP contribution in [0.4, 0.5) is 11.4 Å². The number of hydrogen-bond acceptors (Lipinski definition) is 3. The van der Waals surface area contributed by atoms with Gasteiger partial charge in [0.25, 0.3) is 0 Å². The van der Waals surface area contributed by atoms with Gasteiger partial charge in [0.2, 0.25) is 10.0 Å². The molecular weight excluding hydrogens is 395 g/mol. The average molecular weight is 405 g/mol. The van der Waals surface area contributed by atoms with Gasteiger partial charge in [0, 0.05) is 20.8 Å². The minimum Gasteiger partial charge on any atom is -0.398 e. The molecule has 0 aliphatic rings. The van der Waals surface area contributed by atoms with E-state index in [-0.39, 0.29) is 0 Å². The lowest BCUT2D eigenvalue weighted by Crippen LogP contribution is -2.25. The highest BCUT2D eigenvalue weighted by atomic mass is 127. The van der Waals surface area contributed by atoms with Gasteiger partial charge in [-0.1, -0.05) is 0 Å². The molecule has 0 aliphatic heterocycles. The molecule has 0 amide bonds. The normalized spacial score (nSPS) is 11.5. The number of nitrogens with zero attached hydrogens (tertiary/aromatic N) is 1. The fourth-order valence-electron chi connectivity index (χ4n) is 0.974. The molecule has 0 bridgehead atoms. The van der Waals surface area contributed by atoms with Crippen molar-refractivity contribution in [3.63, 3.8) is 0 Å². The molecule has 84 valence electrons. The predicted octanol–water partition coefficient (Wildman–Crippen LogP) is 2.03. The van der Waals surface area contributed by atoms with Crippen molar-refractivity contribution >= 4 is 59.9 Å². The molecule has 0 fully saturated rings. The summed E-state index contributed by atoms with van der Waals surface area (Å²) in [4.78, 5) is 0. The summed E-state index contributed by atoms with van der Waals surface area (Å²) in [6.45, 7) is 0. The standard InChI is InChI=1S/C8H10BrIN2O2S/c1-12(15(2,13)14)8-4-7(11)6(10)3-5(8)9/h3-4H,11H2,1-2H3. The zero-order chi connectivity index (χ0) is 11.8. The van der Waals surface area contributed by atoms with Gasteiger partial charge in [0.15, 0.2) is 0 Å². The zero-order valence-corrected chi connectivity index (χ0v) is 12.7. The molecule has 0 heterocycles. The van der Waals surface area contributed by atoms with Crippen molar-refractivity contribution in [1.29, 1.82) is 0 Å². The Morgan fingerprint density at radius 3 is 2.47 bits per heavy atom. The fraction of sp³-hybridized carbons (Fsp3) is 0.250. The van der Waals surface area contributed by atoms with Gasteiger partial charge >= 0.3 is 0 Å². The first-order valence-electron chi connectivity index (χ1n) is 3.92. The van der Waals surface area contributed by atoms with E-state index in [0.717, 1.165) is 9.83 Å². The van der Waals surface area contributed by atoms with Crippen molar-refractivity contribution in [1.82, 2.24) is 0 Å². The van der Waals surface area contributed by atoms with Gasteiger partial charge in [0.05, 0.1) is 11.9 Å². The lowest BCUT2D eigenvalue weighted by molar-refractivity contribution is 0.600. The van der Waals surface area contributed by atoms with Gasteiger partial charge < -0.3 is 5.73 Å². The monoisotopic (exact) mass is 404 g/mol. The number of halogens is 2. The number of sulfonamides is 1. The van der Waals surface area contributed by atoms with Crippen LogP contribution in [0.5, 0.6) is 0 Å². The van der Waals surface area contributed by atoms with E-state index in [2.05, 4.69) is 38.5 Å². The topological polar surface area (TPSA) is 63.4 Å². The summed E-state index contributed by atoms with van der Waals surface area (Å²) < 4.78 is 25.5. The second-order valence-corrected chi connectivity index (χ2v) is 7.09. The minimum absolute atomic E-state index is 0.537. The van der Waals surface area contributed by atoms with Crippen molar-refractivity contribution in [2.24, 2.45) is 0 Å². The summed E-state index contributed by atoms with van der Waals surface area (Å²) in [5.41, 5.74) is 6.82. The first kappa shape index (κ1) is 13.0. The molecule has 0 atom stereocenters. The molecule has 0 aliphatic carbocycles. The molecular formula is C8H10BrIN2O2S. The van der Waals surface area contributed by atoms with Crippen LogP contribution in [0.2, 0.25) is 0 Å². The van der Waals surface area contributed by atoms with E-state index in [1.165, 1.54) is 11.4 Å². The molecule has 0 spiro atoms. The van der Waals surface area contributed by atoms with Crippen molar-refractivity contribution < 1.29 is 8.42 Å². The maximum Gasteiger partial charge on any atom is 0.232 e. The van der Waals surface area contributed by atoms with E-state index in [1.807, 2.05) is 0 Å². The molecule has 1 aromatic carbocycles. The Morgan fingerprint density at radius 2 is 2.00 bits per heavy atom. The highest BCUT2D eigenvalue weighted by Crippen LogP contribution is 2.32. The molecule has 4 nitrogen and oxygen atoms in total. The SMILES string of the molecule is CN(c1cc(N)c(I)cc1Br)S(C)(=O)=O. The van der Waals surface area contributed by atoms with Gasteiger partial charge in [-0.3, -0.25) is 4.31 Å². The average Bonchev–Trinajstić information content (AvgIpc) is 2.08. The summed E-state index contributed by atoms with van der Waals surface area (Å²) in [6, 6.07) is 3.42. The molecule has 0 saturated heterocycles. The Balaban J connectivity index is 3.33. The quantitative estimate of drug-likeness (QED) is 0.605. The molecule has 0 unspecified atom stereocenters. The lowest BCUT2D eigenvalue weighted by atomic mass is 10.3. The summed E-state index contributed by atoms with van der Waals surface area (Å²) in [5.74, 6) is 0. The molecule has 0 saturated carbocycles. The summed E-state index contributed by atoms with van der Waals surface area (Å²) in [6.07, 6.45) is 1.15. The van der Waals surface area contributed by atoms with Gasteiger partial charge in [-0.15, -0.1) is 0 Å². The zero-order valence-electron chi connectivity index (χ0n) is 8.16. The maximum absolute atomic E-state index is 11.3. The third-order valence-electron chi connectivity index (χ3n) is 1.90. The van der Waals surface area contributed by atoms with E-state index in [1.54, 1.807) is 12.1 Å². The smallest absolute Gasteiger partial charge is 0.232 e. The Labute approximate surface area is 111 Å². The molecule has 7 heteroatoms. The van der Waals surface area contributed by atoms with E-state index in [4.69, 9.17) is 5.73 Å². The third kappa shape index (κ3) is 2.97. The van der Waals surface area contributed by atoms with Crippen LogP contribution in [0, 0.1) is 3.57 Å². The van der Waals surface area contributed by atoms with Crippen LogP contribution < -0.4 is 10.0 Å². The van der Waals surface area contributed by atoms with Gasteiger partial charge in [-0.2, -0.15) is 0 Å². The van der Waals surface area contributed by atoms with Crippen LogP contribution in [0.15, 0.2) is 16.6 Å². The minimum atomic E-state index is -3.26. The van der Waals surface area contributed by atoms with Gasteiger partial charge in [-0.05, 0) is 50.7 Å². The third-order valence-corrected chi connectivity index (χ3v) is 4.66. The Hall–Kier alpha value is -0.0200.